The van der Waals surface area contributed by atoms with E-state index in [4.69, 9.17) is 6.57 Å². The standard InChI is InChI=1S/C48H27NS/c1-49-30-26-27-37-42(28-30)50-47-36-21-10-12-24-40(36)48(46(37)47)39-23-11-9-20-35(39)45-38(22-13-25-41(45)48)44-33-18-7-5-16-31(33)43(29-14-3-2-4-15-29)32-17-6-8-19-34(32)44/h2-28H. The molecule has 1 nitrogen and oxygen atoms in total. The quantitative estimate of drug-likeness (QED) is 0.130. The van der Waals surface area contributed by atoms with E-state index in [2.05, 4.69) is 163 Å². The molecule has 0 saturated carbocycles. The van der Waals surface area contributed by atoms with Gasteiger partial charge >= 0.3 is 0 Å². The van der Waals surface area contributed by atoms with Gasteiger partial charge in [-0.1, -0.05) is 158 Å². The molecular formula is C48H27NS. The summed E-state index contributed by atoms with van der Waals surface area (Å²) in [6.07, 6.45) is 0. The zero-order chi connectivity index (χ0) is 33.0. The zero-order valence-corrected chi connectivity index (χ0v) is 27.8. The summed E-state index contributed by atoms with van der Waals surface area (Å²) in [5.74, 6) is 0. The topological polar surface area (TPSA) is 4.36 Å². The van der Waals surface area contributed by atoms with Crippen LogP contribution in [0.15, 0.2) is 164 Å². The summed E-state index contributed by atoms with van der Waals surface area (Å²) in [4.78, 5) is 5.10. The van der Waals surface area contributed by atoms with Crippen LogP contribution < -0.4 is 0 Å². The van der Waals surface area contributed by atoms with Crippen LogP contribution >= 0.6 is 11.3 Å². The Morgan fingerprint density at radius 2 is 1.00 bits per heavy atom. The Labute approximate surface area is 294 Å². The number of hydrogen-bond acceptors (Lipinski definition) is 1. The maximum Gasteiger partial charge on any atom is 0.188 e. The van der Waals surface area contributed by atoms with E-state index >= 15 is 0 Å². The van der Waals surface area contributed by atoms with Crippen molar-refractivity contribution in [1.82, 2.24) is 0 Å². The molecule has 0 radical (unpaired) electrons. The fourth-order valence-corrected chi connectivity index (χ4v) is 10.6. The minimum absolute atomic E-state index is 0.471. The van der Waals surface area contributed by atoms with E-state index in [0.29, 0.717) is 5.69 Å². The molecule has 9 aromatic rings. The highest BCUT2D eigenvalue weighted by atomic mass is 32.1. The van der Waals surface area contributed by atoms with Crippen molar-refractivity contribution in [2.24, 2.45) is 0 Å². The highest BCUT2D eigenvalue weighted by molar-refractivity contribution is 7.22. The molecule has 230 valence electrons. The molecular weight excluding hydrogens is 623 g/mol. The molecule has 1 aromatic heterocycles. The predicted molar refractivity (Wildman–Crippen MR) is 210 cm³/mol. The first-order valence-electron chi connectivity index (χ1n) is 17.1. The van der Waals surface area contributed by atoms with Crippen molar-refractivity contribution in [2.45, 2.75) is 5.41 Å². The molecule has 2 aliphatic rings. The number of benzene rings is 8. The molecule has 0 N–H and O–H groups in total. The Morgan fingerprint density at radius 3 is 1.70 bits per heavy atom. The summed E-state index contributed by atoms with van der Waals surface area (Å²) < 4.78 is 1.17. The summed E-state index contributed by atoms with van der Waals surface area (Å²) in [6, 6.07) is 60.1. The number of hydrogen-bond donors (Lipinski definition) is 0. The van der Waals surface area contributed by atoms with E-state index in [1.54, 1.807) is 0 Å². The van der Waals surface area contributed by atoms with Crippen molar-refractivity contribution >= 4 is 48.7 Å². The molecule has 11 rings (SSSR count). The summed E-state index contributed by atoms with van der Waals surface area (Å²) >= 11 is 1.83. The van der Waals surface area contributed by atoms with Crippen LogP contribution in [0.1, 0.15) is 22.3 Å². The highest BCUT2D eigenvalue weighted by Crippen LogP contribution is 2.67. The molecule has 50 heavy (non-hydrogen) atoms. The molecule has 2 aliphatic carbocycles. The Hall–Kier alpha value is -6.27. The number of fused-ring (bicyclic) bond motifs is 14. The van der Waals surface area contributed by atoms with E-state index in [0.717, 1.165) is 0 Å². The molecule has 0 saturated heterocycles. The number of rotatable bonds is 2. The second-order valence-corrected chi connectivity index (χ2v) is 14.4. The summed E-state index contributed by atoms with van der Waals surface area (Å²) in [6.45, 7) is 7.72. The fourth-order valence-electron chi connectivity index (χ4n) is 9.29. The smallest absolute Gasteiger partial charge is 0.188 e. The third-order valence-corrected chi connectivity index (χ3v) is 12.3. The van der Waals surface area contributed by atoms with Crippen molar-refractivity contribution in [3.8, 4) is 43.8 Å². The molecule has 1 atom stereocenters. The first kappa shape index (κ1) is 27.7. The predicted octanol–water partition coefficient (Wildman–Crippen LogP) is 13.4. The van der Waals surface area contributed by atoms with Crippen LogP contribution in [-0.2, 0) is 5.41 Å². The molecule has 2 heteroatoms. The normalized spacial score (nSPS) is 15.3. The zero-order valence-electron chi connectivity index (χ0n) is 26.9. The van der Waals surface area contributed by atoms with E-state index in [-0.39, 0.29) is 0 Å². The lowest BCUT2D eigenvalue weighted by Crippen LogP contribution is -2.25. The monoisotopic (exact) mass is 649 g/mol. The molecule has 0 bridgehead atoms. The van der Waals surface area contributed by atoms with Gasteiger partial charge in [0.15, 0.2) is 5.69 Å². The Bertz CT molecular complexity index is 2880. The largest absolute Gasteiger partial charge is 0.238 e. The maximum absolute atomic E-state index is 7.72. The van der Waals surface area contributed by atoms with E-state index in [9.17, 15) is 0 Å². The van der Waals surface area contributed by atoms with Gasteiger partial charge in [0.05, 0.1) is 12.0 Å². The first-order chi connectivity index (χ1) is 24.8. The Morgan fingerprint density at radius 1 is 0.440 bits per heavy atom. The van der Waals surface area contributed by atoms with Gasteiger partial charge in [0.25, 0.3) is 0 Å². The minimum atomic E-state index is -0.471. The first-order valence-corrected chi connectivity index (χ1v) is 17.9. The molecule has 0 amide bonds. The van der Waals surface area contributed by atoms with Gasteiger partial charge in [0, 0.05) is 9.58 Å². The Balaban J connectivity index is 1.31. The molecule has 1 unspecified atom stereocenters. The Kier molecular flexibility index (Phi) is 5.60. The van der Waals surface area contributed by atoms with Gasteiger partial charge in [-0.3, -0.25) is 0 Å². The molecule has 8 aromatic carbocycles. The second-order valence-electron chi connectivity index (χ2n) is 13.4. The van der Waals surface area contributed by atoms with Crippen LogP contribution in [0.3, 0.4) is 0 Å². The van der Waals surface area contributed by atoms with Crippen LogP contribution in [0.5, 0.6) is 0 Å². The molecule has 0 fully saturated rings. The lowest BCUT2D eigenvalue weighted by molar-refractivity contribution is 0.803. The lowest BCUT2D eigenvalue weighted by atomic mass is 9.70. The maximum atomic E-state index is 7.72. The van der Waals surface area contributed by atoms with E-state index in [1.165, 1.54) is 97.7 Å². The van der Waals surface area contributed by atoms with Crippen LogP contribution in [-0.4, -0.2) is 0 Å². The summed E-state index contributed by atoms with van der Waals surface area (Å²) in [7, 11) is 0. The van der Waals surface area contributed by atoms with Gasteiger partial charge in [0.2, 0.25) is 0 Å². The summed E-state index contributed by atoms with van der Waals surface area (Å²) in [5, 5.41) is 6.29. The van der Waals surface area contributed by atoms with Crippen molar-refractivity contribution in [3.05, 3.63) is 197 Å². The average molecular weight is 650 g/mol. The van der Waals surface area contributed by atoms with Crippen LogP contribution in [0.2, 0.25) is 0 Å². The molecule has 0 aliphatic heterocycles. The third kappa shape index (κ3) is 3.40. The molecule has 1 heterocycles. The number of nitrogens with zero attached hydrogens (tertiary/aromatic N) is 1. The van der Waals surface area contributed by atoms with Crippen LogP contribution in [0.25, 0.3) is 80.3 Å². The van der Waals surface area contributed by atoms with Crippen LogP contribution in [0.4, 0.5) is 5.69 Å². The van der Waals surface area contributed by atoms with Gasteiger partial charge in [-0.15, -0.1) is 11.3 Å². The third-order valence-electron chi connectivity index (χ3n) is 11.1. The summed E-state index contributed by atoms with van der Waals surface area (Å²) in [5.41, 5.74) is 14.5. The van der Waals surface area contributed by atoms with Crippen molar-refractivity contribution < 1.29 is 0 Å². The van der Waals surface area contributed by atoms with Crippen molar-refractivity contribution in [2.75, 3.05) is 0 Å². The SMILES string of the molecule is [C-]#[N+]c1ccc2c3c(sc2c1)-c1ccccc1C31c2ccccc2-c2c(-c3c4ccccc4c(-c4ccccc4)c4ccccc34)cccc21. The second kappa shape index (κ2) is 10.1. The minimum Gasteiger partial charge on any atom is -0.238 e. The average Bonchev–Trinajstić information content (AvgIpc) is 3.80. The fraction of sp³-hybridized carbons (Fsp3) is 0.0208. The number of thiophene rings is 1. The van der Waals surface area contributed by atoms with E-state index in [1.807, 2.05) is 17.4 Å². The van der Waals surface area contributed by atoms with Gasteiger partial charge in [-0.05, 0) is 94.2 Å². The van der Waals surface area contributed by atoms with Crippen molar-refractivity contribution in [1.29, 1.82) is 0 Å². The van der Waals surface area contributed by atoms with Gasteiger partial charge < -0.3 is 0 Å². The van der Waals surface area contributed by atoms with Crippen molar-refractivity contribution in [3.63, 3.8) is 0 Å². The van der Waals surface area contributed by atoms with Crippen LogP contribution in [0, 0.1) is 6.57 Å². The van der Waals surface area contributed by atoms with Gasteiger partial charge in [-0.25, -0.2) is 4.85 Å². The van der Waals surface area contributed by atoms with Gasteiger partial charge in [-0.2, -0.15) is 0 Å². The molecule has 1 spiro atoms. The highest BCUT2D eigenvalue weighted by Gasteiger charge is 2.53. The lowest BCUT2D eigenvalue weighted by Gasteiger charge is -2.30. The van der Waals surface area contributed by atoms with Gasteiger partial charge in [0.1, 0.15) is 0 Å². The van der Waals surface area contributed by atoms with E-state index < -0.39 is 5.41 Å².